The number of anilines is 1. The molecule has 0 fully saturated rings. The Balaban J connectivity index is 2.47. The van der Waals surface area contributed by atoms with Crippen LogP contribution in [-0.4, -0.2) is 57.0 Å². The van der Waals surface area contributed by atoms with Gasteiger partial charge in [-0.05, 0) is 12.8 Å². The minimum absolute atomic E-state index is 0.00934. The smallest absolute Gasteiger partial charge is 0.165 e. The van der Waals surface area contributed by atoms with Gasteiger partial charge in [-0.2, -0.15) is 0 Å². The van der Waals surface area contributed by atoms with Gasteiger partial charge in [0.05, 0.1) is 6.33 Å². The standard InChI is InChI=1S/C12H19N5O2/c1-16(2)11-10-12(14-7-13-11)17(8-15-10)9(3-5-18)4-6-19/h7-9,18-19H,3-6H2,1-2H3. The van der Waals surface area contributed by atoms with Crippen molar-refractivity contribution in [2.75, 3.05) is 32.2 Å². The first-order chi connectivity index (χ1) is 9.19. The van der Waals surface area contributed by atoms with Gasteiger partial charge >= 0.3 is 0 Å². The molecule has 2 aromatic rings. The highest BCUT2D eigenvalue weighted by Gasteiger charge is 2.17. The summed E-state index contributed by atoms with van der Waals surface area (Å²) in [5, 5.41) is 18.2. The molecule has 104 valence electrons. The zero-order valence-corrected chi connectivity index (χ0v) is 11.2. The number of aliphatic hydroxyl groups is 2. The zero-order valence-electron chi connectivity index (χ0n) is 11.2. The van der Waals surface area contributed by atoms with Crippen molar-refractivity contribution in [3.8, 4) is 0 Å². The van der Waals surface area contributed by atoms with Crippen LogP contribution in [0.25, 0.3) is 11.2 Å². The van der Waals surface area contributed by atoms with Gasteiger partial charge in [-0.1, -0.05) is 0 Å². The van der Waals surface area contributed by atoms with E-state index in [1.54, 1.807) is 6.33 Å². The fourth-order valence-electron chi connectivity index (χ4n) is 2.15. The molecule has 7 heteroatoms. The van der Waals surface area contributed by atoms with Crippen molar-refractivity contribution in [2.45, 2.75) is 18.9 Å². The second kappa shape index (κ2) is 5.94. The number of imidazole rings is 1. The molecule has 0 spiro atoms. The molecule has 2 rings (SSSR count). The molecule has 2 aromatic heterocycles. The van der Waals surface area contributed by atoms with Crippen molar-refractivity contribution in [1.29, 1.82) is 0 Å². The molecule has 0 radical (unpaired) electrons. The summed E-state index contributed by atoms with van der Waals surface area (Å²) in [6.45, 7) is 0.131. The summed E-state index contributed by atoms with van der Waals surface area (Å²) in [5.41, 5.74) is 1.46. The van der Waals surface area contributed by atoms with E-state index < -0.39 is 0 Å². The van der Waals surface area contributed by atoms with E-state index in [1.807, 2.05) is 23.6 Å². The van der Waals surface area contributed by atoms with Crippen LogP contribution < -0.4 is 4.90 Å². The monoisotopic (exact) mass is 265 g/mol. The minimum Gasteiger partial charge on any atom is -0.396 e. The van der Waals surface area contributed by atoms with Gasteiger partial charge in [0.2, 0.25) is 0 Å². The highest BCUT2D eigenvalue weighted by Crippen LogP contribution is 2.24. The van der Waals surface area contributed by atoms with Crippen LogP contribution in [0.5, 0.6) is 0 Å². The maximum atomic E-state index is 9.12. The molecule has 2 N–H and O–H groups in total. The van der Waals surface area contributed by atoms with E-state index >= 15 is 0 Å². The molecule has 0 unspecified atom stereocenters. The van der Waals surface area contributed by atoms with Crippen LogP contribution in [0.2, 0.25) is 0 Å². The second-order valence-electron chi connectivity index (χ2n) is 4.59. The Kier molecular flexibility index (Phi) is 4.28. The summed E-state index contributed by atoms with van der Waals surface area (Å²) < 4.78 is 1.90. The molecule has 19 heavy (non-hydrogen) atoms. The van der Waals surface area contributed by atoms with Gasteiger partial charge in [0, 0.05) is 33.4 Å². The summed E-state index contributed by atoms with van der Waals surface area (Å²) in [6.07, 6.45) is 4.33. The summed E-state index contributed by atoms with van der Waals surface area (Å²) in [6, 6.07) is -0.00934. The molecule has 2 heterocycles. The topological polar surface area (TPSA) is 87.3 Å². The lowest BCUT2D eigenvalue weighted by Gasteiger charge is -2.17. The lowest BCUT2D eigenvalue weighted by Crippen LogP contribution is -2.14. The van der Waals surface area contributed by atoms with Gasteiger partial charge in [-0.15, -0.1) is 0 Å². The molecule has 0 amide bonds. The van der Waals surface area contributed by atoms with Gasteiger partial charge in [0.15, 0.2) is 17.0 Å². The minimum atomic E-state index is -0.00934. The number of hydrogen-bond acceptors (Lipinski definition) is 6. The number of aliphatic hydroxyl groups excluding tert-OH is 2. The molecule has 0 aliphatic heterocycles. The van der Waals surface area contributed by atoms with E-state index in [9.17, 15) is 0 Å². The third kappa shape index (κ3) is 2.66. The Hall–Kier alpha value is -1.73. The summed E-state index contributed by atoms with van der Waals surface area (Å²) in [7, 11) is 3.81. The molecule has 0 bridgehead atoms. The maximum Gasteiger partial charge on any atom is 0.165 e. The van der Waals surface area contributed by atoms with Crippen molar-refractivity contribution in [3.05, 3.63) is 12.7 Å². The highest BCUT2D eigenvalue weighted by atomic mass is 16.3. The van der Waals surface area contributed by atoms with Crippen molar-refractivity contribution < 1.29 is 10.2 Å². The van der Waals surface area contributed by atoms with Crippen LogP contribution >= 0.6 is 0 Å². The number of rotatable bonds is 6. The fourth-order valence-corrected chi connectivity index (χ4v) is 2.15. The van der Waals surface area contributed by atoms with E-state index in [4.69, 9.17) is 10.2 Å². The average Bonchev–Trinajstić information content (AvgIpc) is 2.81. The molecular weight excluding hydrogens is 246 g/mol. The van der Waals surface area contributed by atoms with Crippen LogP contribution in [-0.2, 0) is 0 Å². The maximum absolute atomic E-state index is 9.12. The molecule has 0 saturated carbocycles. The Labute approximate surface area is 111 Å². The third-order valence-electron chi connectivity index (χ3n) is 3.08. The van der Waals surface area contributed by atoms with Crippen molar-refractivity contribution in [1.82, 2.24) is 19.5 Å². The predicted octanol–water partition coefficient (Wildman–Crippen LogP) is 0.198. The van der Waals surface area contributed by atoms with E-state index in [2.05, 4.69) is 15.0 Å². The molecule has 0 aliphatic rings. The van der Waals surface area contributed by atoms with Crippen LogP contribution in [0, 0.1) is 0 Å². The highest BCUT2D eigenvalue weighted by molar-refractivity contribution is 5.83. The van der Waals surface area contributed by atoms with Crippen molar-refractivity contribution in [3.63, 3.8) is 0 Å². The first-order valence-corrected chi connectivity index (χ1v) is 6.25. The average molecular weight is 265 g/mol. The quantitative estimate of drug-likeness (QED) is 0.775. The number of aromatic nitrogens is 4. The molecule has 0 atom stereocenters. The fraction of sp³-hybridized carbons (Fsp3) is 0.583. The largest absolute Gasteiger partial charge is 0.396 e. The zero-order chi connectivity index (χ0) is 13.8. The molecule has 0 aliphatic carbocycles. The number of hydrogen-bond donors (Lipinski definition) is 2. The van der Waals surface area contributed by atoms with Crippen LogP contribution in [0.4, 0.5) is 5.82 Å². The Bertz CT molecular complexity index is 534. The SMILES string of the molecule is CN(C)c1ncnc2c1ncn2C(CCO)CCO. The molecule has 7 nitrogen and oxygen atoms in total. The molecular formula is C12H19N5O2. The van der Waals surface area contributed by atoms with E-state index in [1.165, 1.54) is 6.33 Å². The Morgan fingerprint density at radius 1 is 1.16 bits per heavy atom. The van der Waals surface area contributed by atoms with E-state index in [0.29, 0.717) is 12.8 Å². The Morgan fingerprint density at radius 2 is 1.84 bits per heavy atom. The van der Waals surface area contributed by atoms with E-state index in [0.717, 1.165) is 17.0 Å². The van der Waals surface area contributed by atoms with E-state index in [-0.39, 0.29) is 19.3 Å². The Morgan fingerprint density at radius 3 is 2.42 bits per heavy atom. The third-order valence-corrected chi connectivity index (χ3v) is 3.08. The summed E-state index contributed by atoms with van der Waals surface area (Å²) in [4.78, 5) is 14.7. The van der Waals surface area contributed by atoms with Gasteiger partial charge in [0.25, 0.3) is 0 Å². The lowest BCUT2D eigenvalue weighted by atomic mass is 10.1. The van der Waals surface area contributed by atoms with Crippen molar-refractivity contribution >= 4 is 17.0 Å². The summed E-state index contributed by atoms with van der Waals surface area (Å²) in [5.74, 6) is 0.760. The van der Waals surface area contributed by atoms with Gasteiger partial charge in [-0.3, -0.25) is 0 Å². The van der Waals surface area contributed by atoms with Crippen molar-refractivity contribution in [2.24, 2.45) is 0 Å². The first kappa shape index (κ1) is 13.7. The second-order valence-corrected chi connectivity index (χ2v) is 4.59. The van der Waals surface area contributed by atoms with Gasteiger partial charge in [-0.25, -0.2) is 15.0 Å². The number of nitrogens with zero attached hydrogens (tertiary/aromatic N) is 5. The predicted molar refractivity (Wildman–Crippen MR) is 72.1 cm³/mol. The van der Waals surface area contributed by atoms with Gasteiger partial charge < -0.3 is 19.7 Å². The molecule has 0 aromatic carbocycles. The van der Waals surface area contributed by atoms with Crippen LogP contribution in [0.3, 0.4) is 0 Å². The van der Waals surface area contributed by atoms with Crippen LogP contribution in [0.1, 0.15) is 18.9 Å². The first-order valence-electron chi connectivity index (χ1n) is 6.25. The number of fused-ring (bicyclic) bond motifs is 1. The summed E-state index contributed by atoms with van der Waals surface area (Å²) >= 11 is 0. The lowest BCUT2D eigenvalue weighted by molar-refractivity contribution is 0.218. The van der Waals surface area contributed by atoms with Crippen LogP contribution in [0.15, 0.2) is 12.7 Å². The normalized spacial score (nSPS) is 11.4. The van der Waals surface area contributed by atoms with Gasteiger partial charge in [0.1, 0.15) is 6.33 Å². The molecule has 0 saturated heterocycles.